The van der Waals surface area contributed by atoms with Gasteiger partial charge in [0.05, 0.1) is 11.3 Å². The van der Waals surface area contributed by atoms with E-state index in [2.05, 4.69) is 20.5 Å². The number of H-pyrrole nitrogens is 1. The molecule has 5 heteroatoms. The highest BCUT2D eigenvalue weighted by Crippen LogP contribution is 2.15. The molecule has 0 spiro atoms. The summed E-state index contributed by atoms with van der Waals surface area (Å²) in [6.45, 7) is 5.53. The van der Waals surface area contributed by atoms with Crippen LogP contribution >= 0.6 is 0 Å². The number of nitrogens with one attached hydrogen (secondary N) is 2. The van der Waals surface area contributed by atoms with Crippen molar-refractivity contribution < 1.29 is 4.79 Å². The van der Waals surface area contributed by atoms with Gasteiger partial charge in [-0.15, -0.1) is 0 Å². The number of hydrogen-bond acceptors (Lipinski definition) is 3. The summed E-state index contributed by atoms with van der Waals surface area (Å²) in [7, 11) is 0. The van der Waals surface area contributed by atoms with Gasteiger partial charge in [0.15, 0.2) is 0 Å². The Bertz CT molecular complexity index is 540. The van der Waals surface area contributed by atoms with E-state index in [0.29, 0.717) is 11.3 Å². The maximum absolute atomic E-state index is 12.1. The predicted molar refractivity (Wildman–Crippen MR) is 65.0 cm³/mol. The van der Waals surface area contributed by atoms with E-state index in [-0.39, 0.29) is 5.91 Å². The molecule has 2 heterocycles. The largest absolute Gasteiger partial charge is 0.322 e. The minimum absolute atomic E-state index is 0.150. The topological polar surface area (TPSA) is 70.7 Å². The molecule has 0 radical (unpaired) electrons. The van der Waals surface area contributed by atoms with E-state index in [1.807, 2.05) is 13.8 Å². The molecule has 0 aliphatic heterocycles. The quantitative estimate of drug-likeness (QED) is 0.828. The number of amides is 1. The van der Waals surface area contributed by atoms with Crippen molar-refractivity contribution in [3.8, 4) is 0 Å². The number of anilines is 1. The zero-order valence-electron chi connectivity index (χ0n) is 10.0. The van der Waals surface area contributed by atoms with Crippen LogP contribution in [0.4, 0.5) is 5.69 Å². The minimum Gasteiger partial charge on any atom is -0.322 e. The molecule has 0 saturated carbocycles. The molecule has 0 fully saturated rings. The smallest absolute Gasteiger partial charge is 0.259 e. The number of nitrogens with zero attached hydrogens (tertiary/aromatic N) is 2. The van der Waals surface area contributed by atoms with Crippen LogP contribution in [-0.4, -0.2) is 21.1 Å². The van der Waals surface area contributed by atoms with E-state index in [1.54, 1.807) is 25.4 Å². The maximum atomic E-state index is 12.1. The second kappa shape index (κ2) is 4.37. The van der Waals surface area contributed by atoms with E-state index in [4.69, 9.17) is 0 Å². The summed E-state index contributed by atoms with van der Waals surface area (Å²) < 4.78 is 0. The molecule has 0 unspecified atom stereocenters. The minimum atomic E-state index is -0.150. The highest BCUT2D eigenvalue weighted by Gasteiger charge is 2.15. The van der Waals surface area contributed by atoms with E-state index in [0.717, 1.165) is 16.9 Å². The summed E-state index contributed by atoms with van der Waals surface area (Å²) in [5.41, 5.74) is 3.77. The van der Waals surface area contributed by atoms with E-state index in [1.165, 1.54) is 0 Å². The lowest BCUT2D eigenvalue weighted by atomic mass is 10.1. The number of aromatic amines is 1. The van der Waals surface area contributed by atoms with Crippen molar-refractivity contribution in [2.75, 3.05) is 5.32 Å². The van der Waals surface area contributed by atoms with Gasteiger partial charge in [-0.3, -0.25) is 14.9 Å². The lowest BCUT2D eigenvalue weighted by Crippen LogP contribution is -2.14. The summed E-state index contributed by atoms with van der Waals surface area (Å²) >= 11 is 0. The SMILES string of the molecule is Cc1cnccc1NC(=O)c1c(C)n[nH]c1C. The summed E-state index contributed by atoms with van der Waals surface area (Å²) in [6, 6.07) is 1.78. The molecule has 2 rings (SSSR count). The van der Waals surface area contributed by atoms with Crippen LogP contribution in [0, 0.1) is 20.8 Å². The summed E-state index contributed by atoms with van der Waals surface area (Å²) in [6.07, 6.45) is 3.36. The average molecular weight is 230 g/mol. The number of carbonyl (C=O) groups excluding carboxylic acids is 1. The molecule has 88 valence electrons. The first-order valence-electron chi connectivity index (χ1n) is 5.33. The van der Waals surface area contributed by atoms with Gasteiger partial charge in [-0.2, -0.15) is 5.10 Å². The highest BCUT2D eigenvalue weighted by atomic mass is 16.1. The van der Waals surface area contributed by atoms with Crippen LogP contribution in [-0.2, 0) is 0 Å². The van der Waals surface area contributed by atoms with Crippen LogP contribution in [0.5, 0.6) is 0 Å². The Hall–Kier alpha value is -2.17. The summed E-state index contributed by atoms with van der Waals surface area (Å²) in [5.74, 6) is -0.150. The third-order valence-corrected chi connectivity index (χ3v) is 2.62. The van der Waals surface area contributed by atoms with Gasteiger partial charge in [-0.25, -0.2) is 0 Å². The number of aromatic nitrogens is 3. The van der Waals surface area contributed by atoms with Gasteiger partial charge in [0, 0.05) is 23.8 Å². The standard InChI is InChI=1S/C12H14N4O/c1-7-6-13-5-4-10(7)14-12(17)11-8(2)15-16-9(11)3/h4-6H,1-3H3,(H,15,16)(H,13,14,17). The first kappa shape index (κ1) is 11.3. The van der Waals surface area contributed by atoms with Crippen molar-refractivity contribution in [2.45, 2.75) is 20.8 Å². The van der Waals surface area contributed by atoms with Crippen molar-refractivity contribution in [1.82, 2.24) is 15.2 Å². The Morgan fingerprint density at radius 3 is 2.71 bits per heavy atom. The summed E-state index contributed by atoms with van der Waals surface area (Å²) in [4.78, 5) is 16.1. The molecular formula is C12H14N4O. The van der Waals surface area contributed by atoms with E-state index >= 15 is 0 Å². The molecule has 5 nitrogen and oxygen atoms in total. The highest BCUT2D eigenvalue weighted by molar-refractivity contribution is 6.06. The molecule has 0 bridgehead atoms. The number of carbonyl (C=O) groups is 1. The lowest BCUT2D eigenvalue weighted by molar-refractivity contribution is 0.102. The van der Waals surface area contributed by atoms with E-state index in [9.17, 15) is 4.79 Å². The van der Waals surface area contributed by atoms with Crippen LogP contribution < -0.4 is 5.32 Å². The zero-order chi connectivity index (χ0) is 12.4. The molecule has 2 aromatic heterocycles. The molecule has 1 amide bonds. The Labute approximate surface area is 99.3 Å². The van der Waals surface area contributed by atoms with Crippen molar-refractivity contribution in [3.05, 3.63) is 41.0 Å². The van der Waals surface area contributed by atoms with Crippen molar-refractivity contribution in [1.29, 1.82) is 0 Å². The van der Waals surface area contributed by atoms with Crippen LogP contribution in [0.1, 0.15) is 27.3 Å². The Kier molecular flexibility index (Phi) is 2.91. The molecule has 0 aliphatic rings. The summed E-state index contributed by atoms with van der Waals surface area (Å²) in [5, 5.41) is 9.65. The lowest BCUT2D eigenvalue weighted by Gasteiger charge is -2.07. The predicted octanol–water partition coefficient (Wildman–Crippen LogP) is 1.98. The van der Waals surface area contributed by atoms with Crippen LogP contribution in [0.15, 0.2) is 18.5 Å². The van der Waals surface area contributed by atoms with Crippen molar-refractivity contribution in [3.63, 3.8) is 0 Å². The van der Waals surface area contributed by atoms with Gasteiger partial charge in [0.1, 0.15) is 0 Å². The van der Waals surface area contributed by atoms with Gasteiger partial charge in [0.2, 0.25) is 0 Å². The monoisotopic (exact) mass is 230 g/mol. The van der Waals surface area contributed by atoms with Gasteiger partial charge < -0.3 is 5.32 Å². The second-order valence-corrected chi connectivity index (χ2v) is 3.95. The van der Waals surface area contributed by atoms with Gasteiger partial charge in [0.25, 0.3) is 5.91 Å². The fourth-order valence-electron chi connectivity index (χ4n) is 1.68. The van der Waals surface area contributed by atoms with Crippen LogP contribution in [0.2, 0.25) is 0 Å². The van der Waals surface area contributed by atoms with Crippen LogP contribution in [0.3, 0.4) is 0 Å². The fraction of sp³-hybridized carbons (Fsp3) is 0.250. The van der Waals surface area contributed by atoms with E-state index < -0.39 is 0 Å². The third-order valence-electron chi connectivity index (χ3n) is 2.62. The maximum Gasteiger partial charge on any atom is 0.259 e. The molecule has 2 N–H and O–H groups in total. The van der Waals surface area contributed by atoms with Gasteiger partial charge in [-0.05, 0) is 32.4 Å². The zero-order valence-corrected chi connectivity index (χ0v) is 10.0. The Balaban J connectivity index is 2.27. The number of hydrogen-bond donors (Lipinski definition) is 2. The molecule has 17 heavy (non-hydrogen) atoms. The normalized spacial score (nSPS) is 10.3. The first-order chi connectivity index (χ1) is 8.09. The Morgan fingerprint density at radius 2 is 2.12 bits per heavy atom. The molecule has 0 aliphatic carbocycles. The number of aryl methyl sites for hydroxylation is 3. The Morgan fingerprint density at radius 1 is 1.35 bits per heavy atom. The van der Waals surface area contributed by atoms with Gasteiger partial charge >= 0.3 is 0 Å². The first-order valence-corrected chi connectivity index (χ1v) is 5.33. The molecular weight excluding hydrogens is 216 g/mol. The van der Waals surface area contributed by atoms with Crippen molar-refractivity contribution in [2.24, 2.45) is 0 Å². The second-order valence-electron chi connectivity index (χ2n) is 3.95. The third kappa shape index (κ3) is 2.18. The molecule has 0 atom stereocenters. The molecule has 0 saturated heterocycles. The average Bonchev–Trinajstić information content (AvgIpc) is 2.62. The fourth-order valence-corrected chi connectivity index (χ4v) is 1.68. The molecule has 2 aromatic rings. The van der Waals surface area contributed by atoms with Crippen LogP contribution in [0.25, 0.3) is 0 Å². The number of rotatable bonds is 2. The number of pyridine rings is 1. The van der Waals surface area contributed by atoms with Gasteiger partial charge in [-0.1, -0.05) is 0 Å². The molecule has 0 aromatic carbocycles. The van der Waals surface area contributed by atoms with Crippen molar-refractivity contribution >= 4 is 11.6 Å².